The lowest BCUT2D eigenvalue weighted by Gasteiger charge is -2.40. The lowest BCUT2D eigenvalue weighted by atomic mass is 9.80. The SMILES string of the molecule is CCN(CC)c1ccc2cc(C3=CC4(c5ccc(N(C)C)cc5O3)c3cc(C(=O)NCCCCOc5c(OC)cc(Cc6cnc(N)nc6N)cc5OC)ccc3C(=O)N4S(C)(=O)=O)c(=O)oc2c1. The third-order valence-corrected chi connectivity index (χ3v) is 13.4. The highest BCUT2D eigenvalue weighted by Gasteiger charge is 2.57. The maximum Gasteiger partial charge on any atom is 0.347 e. The molecule has 360 valence electrons. The van der Waals surface area contributed by atoms with E-state index < -0.39 is 33.0 Å². The zero-order chi connectivity index (χ0) is 49.4. The summed E-state index contributed by atoms with van der Waals surface area (Å²) in [6, 6.07) is 20.5. The molecule has 4 heterocycles. The van der Waals surface area contributed by atoms with Crippen molar-refractivity contribution in [2.24, 2.45) is 0 Å². The standard InChI is InChI=1S/C50H54N8O10S/c1-8-57(9-2)34-14-12-30-23-36(48(61)68-39(30)26-34)43-27-50(37-17-15-33(56(3)4)25-40(37)67-43)38-24-31(13-16-35(38)47(60)58(50)69(7,62)63)46(59)53-18-10-11-19-66-44-41(64-5)21-29(22-42(44)65-6)20-32-28-54-49(52)55-45(32)51/h12-17,21-28H,8-11,18-20H2,1-7H3,(H,53,59)(H4,51,52,54,55). The predicted molar refractivity (Wildman–Crippen MR) is 264 cm³/mol. The summed E-state index contributed by atoms with van der Waals surface area (Å²) in [5, 5.41) is 3.54. The minimum atomic E-state index is -4.34. The third kappa shape index (κ3) is 9.04. The van der Waals surface area contributed by atoms with Crippen LogP contribution in [0.15, 0.2) is 94.3 Å². The molecule has 0 saturated carbocycles. The number of aromatic nitrogens is 2. The van der Waals surface area contributed by atoms with Crippen LogP contribution in [0.4, 0.5) is 23.1 Å². The molecule has 2 aliphatic rings. The normalized spacial score (nSPS) is 15.0. The summed E-state index contributed by atoms with van der Waals surface area (Å²) >= 11 is 0. The first kappa shape index (κ1) is 47.7. The molecule has 2 aliphatic heterocycles. The van der Waals surface area contributed by atoms with Crippen LogP contribution in [0.5, 0.6) is 23.0 Å². The molecule has 0 saturated heterocycles. The number of methoxy groups -OCH3 is 2. The minimum Gasteiger partial charge on any atom is -0.493 e. The van der Waals surface area contributed by atoms with E-state index in [1.807, 2.05) is 57.1 Å². The fourth-order valence-electron chi connectivity index (χ4n) is 8.84. The smallest absolute Gasteiger partial charge is 0.347 e. The van der Waals surface area contributed by atoms with Crippen LogP contribution < -0.4 is 51.2 Å². The van der Waals surface area contributed by atoms with Crippen LogP contribution in [0, 0.1) is 0 Å². The van der Waals surface area contributed by atoms with Gasteiger partial charge >= 0.3 is 5.63 Å². The molecule has 0 bridgehead atoms. The first-order valence-electron chi connectivity index (χ1n) is 22.3. The molecule has 5 N–H and O–H groups in total. The number of hydrogen-bond acceptors (Lipinski definition) is 16. The van der Waals surface area contributed by atoms with Crippen molar-refractivity contribution in [3.05, 3.63) is 134 Å². The molecule has 0 fully saturated rings. The van der Waals surface area contributed by atoms with Crippen molar-refractivity contribution in [2.45, 2.75) is 38.6 Å². The summed E-state index contributed by atoms with van der Waals surface area (Å²) < 4.78 is 58.5. The van der Waals surface area contributed by atoms with Gasteiger partial charge in [-0.25, -0.2) is 22.5 Å². The number of carbonyl (C=O) groups excluding carboxylic acids is 2. The molecule has 19 heteroatoms. The molecule has 69 heavy (non-hydrogen) atoms. The highest BCUT2D eigenvalue weighted by atomic mass is 32.2. The molecule has 2 aromatic heterocycles. The Hall–Kier alpha value is -7.80. The molecule has 18 nitrogen and oxygen atoms in total. The van der Waals surface area contributed by atoms with E-state index in [1.165, 1.54) is 38.5 Å². The van der Waals surface area contributed by atoms with Crippen LogP contribution in [-0.2, 0) is 22.0 Å². The number of sulfonamides is 1. The second-order valence-corrected chi connectivity index (χ2v) is 18.7. The second kappa shape index (κ2) is 19.1. The van der Waals surface area contributed by atoms with Crippen molar-refractivity contribution in [3.63, 3.8) is 0 Å². The Balaban J connectivity index is 1.07. The summed E-state index contributed by atoms with van der Waals surface area (Å²) in [6.45, 7) is 6.11. The van der Waals surface area contributed by atoms with E-state index in [1.54, 1.807) is 36.5 Å². The average Bonchev–Trinajstić information content (AvgIpc) is 3.57. The lowest BCUT2D eigenvalue weighted by molar-refractivity contribution is 0.0832. The summed E-state index contributed by atoms with van der Waals surface area (Å²) in [6.07, 6.45) is 5.44. The number of ether oxygens (including phenoxy) is 4. The number of unbranched alkanes of at least 4 members (excludes halogenated alkanes) is 1. The molecule has 1 spiro atoms. The molecule has 4 aromatic carbocycles. The largest absolute Gasteiger partial charge is 0.493 e. The molecule has 0 aliphatic carbocycles. The number of rotatable bonds is 17. The monoisotopic (exact) mass is 958 g/mol. The Bertz CT molecular complexity index is 3180. The van der Waals surface area contributed by atoms with E-state index in [9.17, 15) is 22.8 Å². The molecule has 0 radical (unpaired) electrons. The molecule has 1 atom stereocenters. The van der Waals surface area contributed by atoms with Crippen LogP contribution in [0.1, 0.15) is 75.2 Å². The number of carbonyl (C=O) groups is 2. The van der Waals surface area contributed by atoms with Gasteiger partial charge in [-0.15, -0.1) is 0 Å². The third-order valence-electron chi connectivity index (χ3n) is 12.3. The van der Waals surface area contributed by atoms with E-state index in [-0.39, 0.29) is 58.7 Å². The topological polar surface area (TPSA) is 235 Å². The number of nitrogens with one attached hydrogen (secondary N) is 1. The van der Waals surface area contributed by atoms with Gasteiger partial charge in [-0.3, -0.25) is 9.59 Å². The summed E-state index contributed by atoms with van der Waals surface area (Å²) in [7, 11) is 2.38. The highest BCUT2D eigenvalue weighted by molar-refractivity contribution is 7.89. The van der Waals surface area contributed by atoms with Gasteiger partial charge in [-0.05, 0) is 92.9 Å². The summed E-state index contributed by atoms with van der Waals surface area (Å²) in [4.78, 5) is 54.3. The van der Waals surface area contributed by atoms with Crippen LogP contribution in [0.3, 0.4) is 0 Å². The van der Waals surface area contributed by atoms with Gasteiger partial charge in [0.15, 0.2) is 11.5 Å². The number of benzene rings is 4. The van der Waals surface area contributed by atoms with Crippen LogP contribution >= 0.6 is 0 Å². The number of nitrogens with zero attached hydrogens (tertiary/aromatic N) is 5. The Morgan fingerprint density at radius 3 is 2.28 bits per heavy atom. The molecule has 1 unspecified atom stereocenters. The fourth-order valence-corrected chi connectivity index (χ4v) is 10.0. The van der Waals surface area contributed by atoms with Gasteiger partial charge in [0.25, 0.3) is 11.8 Å². The van der Waals surface area contributed by atoms with Gasteiger partial charge in [0, 0.05) is 103 Å². The number of amides is 2. The number of hydrogen-bond donors (Lipinski definition) is 3. The van der Waals surface area contributed by atoms with Gasteiger partial charge < -0.3 is 49.9 Å². The van der Waals surface area contributed by atoms with E-state index in [0.29, 0.717) is 64.3 Å². The van der Waals surface area contributed by atoms with E-state index in [4.69, 9.17) is 34.8 Å². The molecular formula is C50H54N8O10S. The number of nitrogen functional groups attached to an aromatic ring is 2. The molecule has 8 rings (SSSR count). The minimum absolute atomic E-state index is 0.00927. The number of fused-ring (bicyclic) bond motifs is 5. The van der Waals surface area contributed by atoms with E-state index in [0.717, 1.165) is 34.9 Å². The van der Waals surface area contributed by atoms with Crippen molar-refractivity contribution >= 4 is 61.7 Å². The zero-order valence-electron chi connectivity index (χ0n) is 39.4. The first-order valence-corrected chi connectivity index (χ1v) is 24.1. The Labute approximate surface area is 399 Å². The van der Waals surface area contributed by atoms with Crippen LogP contribution in [0.2, 0.25) is 0 Å². The maximum atomic E-state index is 14.4. The number of nitrogens with two attached hydrogens (primary N) is 2. The van der Waals surface area contributed by atoms with Gasteiger partial charge in [0.2, 0.25) is 21.7 Å². The van der Waals surface area contributed by atoms with Crippen LogP contribution in [-0.4, -0.2) is 95.3 Å². The molecule has 6 aromatic rings. The van der Waals surface area contributed by atoms with Crippen molar-refractivity contribution in [3.8, 4) is 23.0 Å². The Morgan fingerprint density at radius 2 is 1.61 bits per heavy atom. The quantitative estimate of drug-likeness (QED) is 0.0708. The predicted octanol–water partition coefficient (Wildman–Crippen LogP) is 5.95. The maximum absolute atomic E-state index is 14.4. The summed E-state index contributed by atoms with van der Waals surface area (Å²) in [5.41, 5.74) is 13.3. The van der Waals surface area contributed by atoms with Crippen molar-refractivity contribution in [1.29, 1.82) is 0 Å². The van der Waals surface area contributed by atoms with Crippen molar-refractivity contribution in [2.75, 3.05) is 82.1 Å². The number of anilines is 4. The molecular weight excluding hydrogens is 905 g/mol. The summed E-state index contributed by atoms with van der Waals surface area (Å²) in [5.74, 6) is 0.580. The zero-order valence-corrected chi connectivity index (χ0v) is 40.2. The highest BCUT2D eigenvalue weighted by Crippen LogP contribution is 2.54. The van der Waals surface area contributed by atoms with Crippen LogP contribution in [0.25, 0.3) is 16.7 Å². The Kier molecular flexibility index (Phi) is 13.2. The lowest BCUT2D eigenvalue weighted by Crippen LogP contribution is -2.48. The Morgan fingerprint density at radius 1 is 0.884 bits per heavy atom. The average molecular weight is 959 g/mol. The van der Waals surface area contributed by atoms with Gasteiger partial charge in [-0.2, -0.15) is 4.98 Å². The second-order valence-electron chi connectivity index (χ2n) is 16.8. The first-order chi connectivity index (χ1) is 33.0. The van der Waals surface area contributed by atoms with Gasteiger partial charge in [0.05, 0.1) is 27.1 Å². The van der Waals surface area contributed by atoms with Gasteiger partial charge in [-0.1, -0.05) is 6.07 Å². The van der Waals surface area contributed by atoms with Crippen molar-refractivity contribution < 1.29 is 41.4 Å². The fraction of sp³-hybridized carbons (Fsp3) is 0.300. The molecule has 2 amide bonds. The van der Waals surface area contributed by atoms with E-state index >= 15 is 0 Å². The van der Waals surface area contributed by atoms with Crippen molar-refractivity contribution in [1.82, 2.24) is 19.6 Å². The van der Waals surface area contributed by atoms with Gasteiger partial charge in [0.1, 0.15) is 34.0 Å². The van der Waals surface area contributed by atoms with E-state index in [2.05, 4.69) is 20.2 Å².